The van der Waals surface area contributed by atoms with E-state index in [0.717, 1.165) is 4.90 Å². The van der Waals surface area contributed by atoms with E-state index in [-0.39, 0.29) is 42.3 Å². The number of imide groups is 1. The van der Waals surface area contributed by atoms with Crippen molar-refractivity contribution >= 4 is 29.4 Å². The molecule has 1 aliphatic heterocycles. The number of amides is 3. The summed E-state index contributed by atoms with van der Waals surface area (Å²) in [5.41, 5.74) is 0.703. The van der Waals surface area contributed by atoms with Gasteiger partial charge in [-0.3, -0.25) is 24.1 Å². The molecule has 154 valence electrons. The van der Waals surface area contributed by atoms with Crippen LogP contribution in [0, 0.1) is 24.6 Å². The molecule has 0 saturated carbocycles. The first-order valence-corrected chi connectivity index (χ1v) is 9.54. The number of hydrogen-bond acceptors (Lipinski definition) is 5. The Hall–Kier alpha value is -3.03. The first-order chi connectivity index (χ1) is 13.8. The first-order valence-electron chi connectivity index (χ1n) is 9.54. The number of esters is 1. The fourth-order valence-electron chi connectivity index (χ4n) is 3.52. The molecule has 0 bridgehead atoms. The SMILES string of the molecule is Cc1ccc(NC(=O)[C@@H](C)OC(=O)CCN2C(=O)[C@H]3CC=CC[C@@H]3C2=O)cc1F. The number of nitrogens with one attached hydrogen (secondary N) is 1. The number of fused-ring (bicyclic) bond motifs is 1. The summed E-state index contributed by atoms with van der Waals surface area (Å²) in [6.07, 6.45) is 3.55. The summed E-state index contributed by atoms with van der Waals surface area (Å²) < 4.78 is 18.6. The normalized spacial score (nSPS) is 21.7. The Labute approximate surface area is 167 Å². The van der Waals surface area contributed by atoms with Crippen molar-refractivity contribution in [1.29, 1.82) is 0 Å². The molecule has 1 aromatic carbocycles. The van der Waals surface area contributed by atoms with Crippen molar-refractivity contribution < 1.29 is 28.3 Å². The van der Waals surface area contributed by atoms with Crippen LogP contribution < -0.4 is 5.32 Å². The molecule has 3 amide bonds. The smallest absolute Gasteiger partial charge is 0.308 e. The van der Waals surface area contributed by atoms with Crippen LogP contribution in [0.4, 0.5) is 10.1 Å². The number of likely N-dealkylation sites (tertiary alicyclic amines) is 1. The van der Waals surface area contributed by atoms with Gasteiger partial charge in [-0.15, -0.1) is 0 Å². The van der Waals surface area contributed by atoms with Crippen molar-refractivity contribution in [3.05, 3.63) is 41.7 Å². The zero-order chi connectivity index (χ0) is 21.1. The number of rotatable bonds is 6. The number of aryl methyl sites for hydroxylation is 1. The van der Waals surface area contributed by atoms with Crippen molar-refractivity contribution in [3.8, 4) is 0 Å². The molecule has 1 N–H and O–H groups in total. The second kappa shape index (κ2) is 8.55. The minimum absolute atomic E-state index is 0.0684. The summed E-state index contributed by atoms with van der Waals surface area (Å²) in [6, 6.07) is 4.25. The van der Waals surface area contributed by atoms with Gasteiger partial charge in [0.2, 0.25) is 11.8 Å². The molecule has 0 unspecified atom stereocenters. The maximum Gasteiger partial charge on any atom is 0.308 e. The zero-order valence-electron chi connectivity index (χ0n) is 16.3. The third-order valence-corrected chi connectivity index (χ3v) is 5.26. The van der Waals surface area contributed by atoms with Gasteiger partial charge in [0.1, 0.15) is 5.82 Å². The Morgan fingerprint density at radius 3 is 2.41 bits per heavy atom. The summed E-state index contributed by atoms with van der Waals surface area (Å²) in [5, 5.41) is 2.48. The van der Waals surface area contributed by atoms with Crippen LogP contribution in [0.15, 0.2) is 30.4 Å². The lowest BCUT2D eigenvalue weighted by molar-refractivity contribution is -0.154. The Morgan fingerprint density at radius 2 is 1.83 bits per heavy atom. The molecular weight excluding hydrogens is 379 g/mol. The van der Waals surface area contributed by atoms with Crippen LogP contribution >= 0.6 is 0 Å². The van der Waals surface area contributed by atoms with Crippen LogP contribution in [0.3, 0.4) is 0 Å². The highest BCUT2D eigenvalue weighted by molar-refractivity contribution is 6.05. The number of carbonyl (C=O) groups is 4. The van der Waals surface area contributed by atoms with E-state index in [1.807, 2.05) is 12.2 Å². The van der Waals surface area contributed by atoms with Gasteiger partial charge in [-0.1, -0.05) is 18.2 Å². The summed E-state index contributed by atoms with van der Waals surface area (Å²) >= 11 is 0. The maximum absolute atomic E-state index is 13.6. The van der Waals surface area contributed by atoms with Crippen LogP contribution in [0.25, 0.3) is 0 Å². The Morgan fingerprint density at radius 1 is 1.21 bits per heavy atom. The van der Waals surface area contributed by atoms with E-state index in [1.165, 1.54) is 19.1 Å². The molecule has 1 aromatic rings. The summed E-state index contributed by atoms with van der Waals surface area (Å²) in [6.45, 7) is 2.93. The van der Waals surface area contributed by atoms with E-state index in [0.29, 0.717) is 18.4 Å². The summed E-state index contributed by atoms with van der Waals surface area (Å²) in [4.78, 5) is 50.1. The topological polar surface area (TPSA) is 92.8 Å². The molecule has 1 saturated heterocycles. The number of halogens is 1. The fourth-order valence-corrected chi connectivity index (χ4v) is 3.52. The predicted octanol–water partition coefficient (Wildman–Crippen LogP) is 2.35. The van der Waals surface area contributed by atoms with Gasteiger partial charge in [0.05, 0.1) is 18.3 Å². The molecule has 7 nitrogen and oxygen atoms in total. The average Bonchev–Trinajstić information content (AvgIpc) is 2.93. The van der Waals surface area contributed by atoms with Gasteiger partial charge in [0, 0.05) is 12.2 Å². The number of carbonyl (C=O) groups excluding carboxylic acids is 4. The van der Waals surface area contributed by atoms with E-state index in [1.54, 1.807) is 13.0 Å². The van der Waals surface area contributed by atoms with Gasteiger partial charge < -0.3 is 10.1 Å². The van der Waals surface area contributed by atoms with Crippen molar-refractivity contribution in [3.63, 3.8) is 0 Å². The highest BCUT2D eigenvalue weighted by Crippen LogP contribution is 2.35. The number of allylic oxidation sites excluding steroid dienone is 2. The molecule has 0 spiro atoms. The van der Waals surface area contributed by atoms with Crippen LogP contribution in [0.5, 0.6) is 0 Å². The lowest BCUT2D eigenvalue weighted by atomic mass is 9.85. The van der Waals surface area contributed by atoms with Crippen LogP contribution in [-0.2, 0) is 23.9 Å². The van der Waals surface area contributed by atoms with Gasteiger partial charge in [-0.25, -0.2) is 4.39 Å². The van der Waals surface area contributed by atoms with Gasteiger partial charge in [0.15, 0.2) is 6.10 Å². The lowest BCUT2D eigenvalue weighted by Gasteiger charge is -2.16. The van der Waals surface area contributed by atoms with Gasteiger partial charge in [-0.05, 0) is 44.4 Å². The van der Waals surface area contributed by atoms with Crippen molar-refractivity contribution in [2.24, 2.45) is 11.8 Å². The monoisotopic (exact) mass is 402 g/mol. The molecule has 8 heteroatoms. The van der Waals surface area contributed by atoms with Gasteiger partial charge in [0.25, 0.3) is 5.91 Å². The standard InChI is InChI=1S/C21H23FN2O5/c1-12-7-8-14(11-17(12)22)23-19(26)13(2)29-18(25)9-10-24-20(27)15-5-3-4-6-16(15)21(24)28/h3-4,7-8,11,13,15-16H,5-6,9-10H2,1-2H3,(H,23,26)/t13-,15+,16+/m1/s1. The molecule has 3 atom stereocenters. The third kappa shape index (κ3) is 4.52. The second-order valence-electron chi connectivity index (χ2n) is 7.32. The van der Waals surface area contributed by atoms with Gasteiger partial charge in [-0.2, -0.15) is 0 Å². The van der Waals surface area contributed by atoms with Crippen molar-refractivity contribution in [1.82, 2.24) is 4.90 Å². The van der Waals surface area contributed by atoms with Crippen LogP contribution in [0.2, 0.25) is 0 Å². The van der Waals surface area contributed by atoms with E-state index in [2.05, 4.69) is 5.32 Å². The predicted molar refractivity (Wildman–Crippen MR) is 102 cm³/mol. The summed E-state index contributed by atoms with van der Waals surface area (Å²) in [5.74, 6) is -2.97. The minimum atomic E-state index is -1.11. The third-order valence-electron chi connectivity index (χ3n) is 5.26. The molecule has 2 aliphatic rings. The van der Waals surface area contributed by atoms with Gasteiger partial charge >= 0.3 is 5.97 Å². The molecule has 3 rings (SSSR count). The Bertz CT molecular complexity index is 856. The average molecular weight is 402 g/mol. The van der Waals surface area contributed by atoms with E-state index >= 15 is 0 Å². The van der Waals surface area contributed by atoms with Crippen LogP contribution in [0.1, 0.15) is 31.7 Å². The molecule has 0 aromatic heterocycles. The largest absolute Gasteiger partial charge is 0.452 e. The minimum Gasteiger partial charge on any atom is -0.452 e. The number of anilines is 1. The summed E-state index contributed by atoms with van der Waals surface area (Å²) in [7, 11) is 0. The molecule has 0 radical (unpaired) electrons. The van der Waals surface area contributed by atoms with Crippen molar-refractivity contribution in [2.75, 3.05) is 11.9 Å². The quantitative estimate of drug-likeness (QED) is 0.448. The molecule has 1 aliphatic carbocycles. The number of nitrogens with zero attached hydrogens (tertiary/aromatic N) is 1. The molecule has 29 heavy (non-hydrogen) atoms. The maximum atomic E-state index is 13.6. The van der Waals surface area contributed by atoms with E-state index < -0.39 is 23.8 Å². The molecular formula is C21H23FN2O5. The molecule has 1 fully saturated rings. The highest BCUT2D eigenvalue weighted by Gasteiger charge is 2.47. The first kappa shape index (κ1) is 20.7. The van der Waals surface area contributed by atoms with E-state index in [4.69, 9.17) is 4.74 Å². The van der Waals surface area contributed by atoms with E-state index in [9.17, 15) is 23.6 Å². The van der Waals surface area contributed by atoms with Crippen molar-refractivity contribution in [2.45, 2.75) is 39.2 Å². The van der Waals surface area contributed by atoms with Crippen LogP contribution in [-0.4, -0.2) is 41.2 Å². The Kier molecular flexibility index (Phi) is 6.10. The zero-order valence-corrected chi connectivity index (χ0v) is 16.3. The number of ether oxygens (including phenoxy) is 1. The second-order valence-corrected chi connectivity index (χ2v) is 7.32. The Balaban J connectivity index is 1.48. The highest BCUT2D eigenvalue weighted by atomic mass is 19.1. The molecule has 1 heterocycles. The fraction of sp³-hybridized carbons (Fsp3) is 0.429. The lowest BCUT2D eigenvalue weighted by Crippen LogP contribution is -2.35. The number of hydrogen-bond donors (Lipinski definition) is 1. The number of benzene rings is 1.